The number of rotatable bonds is 4. The highest BCUT2D eigenvalue weighted by Crippen LogP contribution is 2.20. The lowest BCUT2D eigenvalue weighted by Gasteiger charge is -2.28. The second-order valence-electron chi connectivity index (χ2n) is 4.79. The summed E-state index contributed by atoms with van der Waals surface area (Å²) in [6.07, 6.45) is 4.31. The van der Waals surface area contributed by atoms with Gasteiger partial charge < -0.3 is 4.90 Å². The second kappa shape index (κ2) is 5.69. The normalized spacial score (nSPS) is 21.2. The van der Waals surface area contributed by atoms with Crippen molar-refractivity contribution in [3.05, 3.63) is 30.1 Å². The van der Waals surface area contributed by atoms with Gasteiger partial charge in [-0.25, -0.2) is 8.42 Å². The number of carbonyl (C=O) groups excluding carboxylic acids is 1. The van der Waals surface area contributed by atoms with Gasteiger partial charge in [-0.3, -0.25) is 9.78 Å². The van der Waals surface area contributed by atoms with E-state index in [0.29, 0.717) is 19.4 Å². The fourth-order valence-corrected chi connectivity index (χ4v) is 4.06. The van der Waals surface area contributed by atoms with Crippen molar-refractivity contribution in [1.82, 2.24) is 9.88 Å². The van der Waals surface area contributed by atoms with Crippen LogP contribution < -0.4 is 0 Å². The highest BCUT2D eigenvalue weighted by molar-refractivity contribution is 7.91. The van der Waals surface area contributed by atoms with Gasteiger partial charge in [0.25, 0.3) is 0 Å². The van der Waals surface area contributed by atoms with Crippen LogP contribution in [0.3, 0.4) is 0 Å². The Morgan fingerprint density at radius 1 is 1.53 bits per heavy atom. The monoisotopic (exact) mass is 282 g/mol. The Hall–Kier alpha value is -1.43. The average molecular weight is 282 g/mol. The first kappa shape index (κ1) is 14.0. The molecule has 5 nitrogen and oxygen atoms in total. The van der Waals surface area contributed by atoms with E-state index in [1.54, 1.807) is 24.2 Å². The summed E-state index contributed by atoms with van der Waals surface area (Å²) >= 11 is 0. The van der Waals surface area contributed by atoms with Crippen LogP contribution in [-0.4, -0.2) is 41.8 Å². The number of sulfone groups is 1. The molecule has 0 aromatic carbocycles. The fourth-order valence-electron chi connectivity index (χ4n) is 2.33. The molecule has 1 aliphatic heterocycles. The first-order valence-electron chi connectivity index (χ1n) is 6.40. The van der Waals surface area contributed by atoms with Crippen molar-refractivity contribution in [3.8, 4) is 0 Å². The first-order valence-corrected chi connectivity index (χ1v) is 8.23. The molecule has 1 amide bonds. The Balaban J connectivity index is 2.15. The first-order chi connectivity index (χ1) is 9.02. The van der Waals surface area contributed by atoms with Gasteiger partial charge in [-0.2, -0.15) is 0 Å². The third-order valence-corrected chi connectivity index (χ3v) is 5.10. The average Bonchev–Trinajstić information content (AvgIpc) is 2.76. The number of pyridine rings is 1. The SMILES string of the molecule is CCC(=O)N(Cc1cccnc1)C1CCS(=O)(=O)C1. The van der Waals surface area contributed by atoms with E-state index in [-0.39, 0.29) is 23.5 Å². The molecule has 0 spiro atoms. The Labute approximate surface area is 113 Å². The molecule has 1 fully saturated rings. The smallest absolute Gasteiger partial charge is 0.222 e. The van der Waals surface area contributed by atoms with Gasteiger partial charge in [0.2, 0.25) is 5.91 Å². The maximum absolute atomic E-state index is 12.0. The van der Waals surface area contributed by atoms with E-state index in [9.17, 15) is 13.2 Å². The maximum atomic E-state index is 12.0. The van der Waals surface area contributed by atoms with Crippen LogP contribution in [0.5, 0.6) is 0 Å². The fraction of sp³-hybridized carbons (Fsp3) is 0.538. The van der Waals surface area contributed by atoms with Crippen LogP contribution in [0.25, 0.3) is 0 Å². The molecule has 1 unspecified atom stereocenters. The Bertz CT molecular complexity index is 542. The van der Waals surface area contributed by atoms with E-state index in [4.69, 9.17) is 0 Å². The summed E-state index contributed by atoms with van der Waals surface area (Å²) in [5, 5.41) is 0. The molecule has 0 bridgehead atoms. The molecule has 1 aromatic heterocycles. The molecule has 0 aliphatic carbocycles. The minimum Gasteiger partial charge on any atom is -0.334 e. The van der Waals surface area contributed by atoms with Crippen LogP contribution in [0.1, 0.15) is 25.3 Å². The highest BCUT2D eigenvalue weighted by Gasteiger charge is 2.34. The van der Waals surface area contributed by atoms with Crippen LogP contribution in [0.2, 0.25) is 0 Å². The summed E-state index contributed by atoms with van der Waals surface area (Å²) in [5.74, 6) is 0.253. The number of aromatic nitrogens is 1. The molecule has 0 radical (unpaired) electrons. The molecule has 0 saturated carbocycles. The standard InChI is InChI=1S/C13H18N2O3S/c1-2-13(16)15(9-11-4-3-6-14-8-11)12-5-7-19(17,18)10-12/h3-4,6,8,12H,2,5,7,9-10H2,1H3. The number of hydrogen-bond acceptors (Lipinski definition) is 4. The summed E-state index contributed by atoms with van der Waals surface area (Å²) in [6, 6.07) is 3.51. The van der Waals surface area contributed by atoms with E-state index in [1.807, 2.05) is 12.1 Å². The summed E-state index contributed by atoms with van der Waals surface area (Å²) < 4.78 is 23.1. The Morgan fingerprint density at radius 3 is 2.84 bits per heavy atom. The molecule has 19 heavy (non-hydrogen) atoms. The lowest BCUT2D eigenvalue weighted by atomic mass is 10.1. The molecule has 1 saturated heterocycles. The lowest BCUT2D eigenvalue weighted by Crippen LogP contribution is -2.40. The van der Waals surface area contributed by atoms with Crippen LogP contribution in [0, 0.1) is 0 Å². The van der Waals surface area contributed by atoms with Crippen molar-refractivity contribution < 1.29 is 13.2 Å². The largest absolute Gasteiger partial charge is 0.334 e. The molecule has 104 valence electrons. The van der Waals surface area contributed by atoms with Gasteiger partial charge in [-0.15, -0.1) is 0 Å². The van der Waals surface area contributed by atoms with Gasteiger partial charge in [-0.1, -0.05) is 13.0 Å². The third-order valence-electron chi connectivity index (χ3n) is 3.35. The van der Waals surface area contributed by atoms with Gasteiger partial charge in [0.1, 0.15) is 0 Å². The van der Waals surface area contributed by atoms with Crippen molar-refractivity contribution >= 4 is 15.7 Å². The summed E-state index contributed by atoms with van der Waals surface area (Å²) in [7, 11) is -2.98. The molecule has 6 heteroatoms. The van der Waals surface area contributed by atoms with Crippen molar-refractivity contribution in [2.24, 2.45) is 0 Å². The third kappa shape index (κ3) is 3.53. The predicted molar refractivity (Wildman–Crippen MR) is 72.1 cm³/mol. The van der Waals surface area contributed by atoms with Crippen LogP contribution in [0.15, 0.2) is 24.5 Å². The van der Waals surface area contributed by atoms with Crippen LogP contribution >= 0.6 is 0 Å². The molecule has 1 aromatic rings. The molecule has 2 heterocycles. The van der Waals surface area contributed by atoms with E-state index < -0.39 is 9.84 Å². The number of carbonyl (C=O) groups is 1. The van der Waals surface area contributed by atoms with E-state index in [0.717, 1.165) is 5.56 Å². The zero-order chi connectivity index (χ0) is 13.9. The molecule has 0 N–H and O–H groups in total. The van der Waals surface area contributed by atoms with Gasteiger partial charge in [0.05, 0.1) is 11.5 Å². The van der Waals surface area contributed by atoms with Crippen molar-refractivity contribution in [3.63, 3.8) is 0 Å². The van der Waals surface area contributed by atoms with Gasteiger partial charge in [0, 0.05) is 31.4 Å². The quantitative estimate of drug-likeness (QED) is 0.826. The van der Waals surface area contributed by atoms with Crippen molar-refractivity contribution in [1.29, 1.82) is 0 Å². The number of hydrogen-bond donors (Lipinski definition) is 0. The second-order valence-corrected chi connectivity index (χ2v) is 7.02. The summed E-state index contributed by atoms with van der Waals surface area (Å²) in [5.41, 5.74) is 0.925. The maximum Gasteiger partial charge on any atom is 0.222 e. The highest BCUT2D eigenvalue weighted by atomic mass is 32.2. The lowest BCUT2D eigenvalue weighted by molar-refractivity contribution is -0.133. The van der Waals surface area contributed by atoms with Gasteiger partial charge >= 0.3 is 0 Å². The topological polar surface area (TPSA) is 67.3 Å². The van der Waals surface area contributed by atoms with E-state index in [1.165, 1.54) is 0 Å². The predicted octanol–water partition coefficient (Wildman–Crippen LogP) is 1.01. The molecule has 1 atom stereocenters. The summed E-state index contributed by atoms with van der Waals surface area (Å²) in [6.45, 7) is 2.22. The van der Waals surface area contributed by atoms with Crippen LogP contribution in [0.4, 0.5) is 0 Å². The number of nitrogens with zero attached hydrogens (tertiary/aromatic N) is 2. The molecular formula is C13H18N2O3S. The Kier molecular flexibility index (Phi) is 4.19. The van der Waals surface area contributed by atoms with Crippen molar-refractivity contribution in [2.45, 2.75) is 32.4 Å². The van der Waals surface area contributed by atoms with Gasteiger partial charge in [-0.05, 0) is 18.1 Å². The van der Waals surface area contributed by atoms with E-state index >= 15 is 0 Å². The number of amides is 1. The summed E-state index contributed by atoms with van der Waals surface area (Å²) in [4.78, 5) is 17.7. The molecule has 2 rings (SSSR count). The minimum atomic E-state index is -2.98. The Morgan fingerprint density at radius 2 is 2.32 bits per heavy atom. The van der Waals surface area contributed by atoms with Gasteiger partial charge in [0.15, 0.2) is 9.84 Å². The zero-order valence-corrected chi connectivity index (χ0v) is 11.8. The zero-order valence-electron chi connectivity index (χ0n) is 10.9. The molecular weight excluding hydrogens is 264 g/mol. The van der Waals surface area contributed by atoms with E-state index in [2.05, 4.69) is 4.98 Å². The molecule has 1 aliphatic rings. The minimum absolute atomic E-state index is 0.00838. The van der Waals surface area contributed by atoms with Crippen molar-refractivity contribution in [2.75, 3.05) is 11.5 Å². The van der Waals surface area contributed by atoms with Crippen LogP contribution in [-0.2, 0) is 21.2 Å².